The monoisotopic (exact) mass is 424 g/mol. The van der Waals surface area contributed by atoms with Gasteiger partial charge in [0.2, 0.25) is 0 Å². The number of amides is 1. The highest BCUT2D eigenvalue weighted by Gasteiger charge is 2.23. The van der Waals surface area contributed by atoms with Crippen LogP contribution in [-0.4, -0.2) is 29.7 Å². The fraction of sp³-hybridized carbons (Fsp3) is 0.286. The number of likely N-dealkylation sites (tertiary alicyclic amines) is 1. The molecule has 32 heavy (non-hydrogen) atoms. The largest absolute Gasteiger partial charge is 0.322 e. The maximum Gasteiger partial charge on any atom is 0.255 e. The normalized spacial score (nSPS) is 16.1. The summed E-state index contributed by atoms with van der Waals surface area (Å²) >= 11 is 0. The molecule has 0 radical (unpaired) electrons. The smallest absolute Gasteiger partial charge is 0.255 e. The summed E-state index contributed by atoms with van der Waals surface area (Å²) in [5, 5.41) is 3.06. The molecule has 0 bridgehead atoms. The second kappa shape index (κ2) is 9.09. The lowest BCUT2D eigenvalue weighted by Gasteiger charge is -2.27. The molecule has 0 unspecified atom stereocenters. The van der Waals surface area contributed by atoms with Gasteiger partial charge in [-0.3, -0.25) is 14.5 Å². The Labute approximate surface area is 189 Å². The first-order chi connectivity index (χ1) is 15.7. The van der Waals surface area contributed by atoms with E-state index in [-0.39, 0.29) is 11.7 Å². The standard InChI is InChI=1S/C28H28N2O2/c31-27-15-14-24-25(27)10-7-11-26(24)29-28(32)21-12-13-23(20-8-3-1-4-9-20)22(18-21)19-30-16-5-2-6-17-30/h1,3-4,7-13,18H,2,5-6,14-17,19H2,(H,29,32). The summed E-state index contributed by atoms with van der Waals surface area (Å²) in [5.41, 5.74) is 6.64. The molecule has 1 aliphatic carbocycles. The van der Waals surface area contributed by atoms with E-state index in [9.17, 15) is 9.59 Å². The van der Waals surface area contributed by atoms with Crippen molar-refractivity contribution in [2.75, 3.05) is 18.4 Å². The number of rotatable bonds is 5. The predicted octanol–water partition coefficient (Wildman–Crippen LogP) is 5.72. The zero-order valence-corrected chi connectivity index (χ0v) is 18.3. The first kappa shape index (κ1) is 20.7. The molecule has 1 saturated heterocycles. The van der Waals surface area contributed by atoms with Crippen molar-refractivity contribution in [2.24, 2.45) is 0 Å². The molecule has 2 aliphatic rings. The third kappa shape index (κ3) is 4.23. The van der Waals surface area contributed by atoms with E-state index in [1.165, 1.54) is 36.0 Å². The zero-order chi connectivity index (χ0) is 21.9. The van der Waals surface area contributed by atoms with Crippen molar-refractivity contribution in [1.82, 2.24) is 4.90 Å². The van der Waals surface area contributed by atoms with E-state index in [2.05, 4.69) is 40.5 Å². The van der Waals surface area contributed by atoms with Crippen LogP contribution in [0.3, 0.4) is 0 Å². The summed E-state index contributed by atoms with van der Waals surface area (Å²) in [6.45, 7) is 3.06. The Balaban J connectivity index is 1.44. The number of nitrogens with zero attached hydrogens (tertiary/aromatic N) is 1. The van der Waals surface area contributed by atoms with Crippen LogP contribution in [0, 0.1) is 0 Å². The molecule has 0 aromatic heterocycles. The number of fused-ring (bicyclic) bond motifs is 1. The molecule has 1 amide bonds. The molecule has 0 atom stereocenters. The molecule has 5 rings (SSSR count). The Kier molecular flexibility index (Phi) is 5.87. The van der Waals surface area contributed by atoms with E-state index in [0.29, 0.717) is 18.4 Å². The van der Waals surface area contributed by atoms with Gasteiger partial charge in [0.15, 0.2) is 5.78 Å². The van der Waals surface area contributed by atoms with Gasteiger partial charge < -0.3 is 5.32 Å². The highest BCUT2D eigenvalue weighted by molar-refractivity contribution is 6.08. The Bertz CT molecular complexity index is 1150. The van der Waals surface area contributed by atoms with Crippen LogP contribution in [0.5, 0.6) is 0 Å². The third-order valence-corrected chi connectivity index (χ3v) is 6.62. The highest BCUT2D eigenvalue weighted by Crippen LogP contribution is 2.30. The molecule has 4 nitrogen and oxygen atoms in total. The van der Waals surface area contributed by atoms with Gasteiger partial charge in [-0.2, -0.15) is 0 Å². The van der Waals surface area contributed by atoms with Crippen molar-refractivity contribution in [1.29, 1.82) is 0 Å². The van der Waals surface area contributed by atoms with Gasteiger partial charge in [0.1, 0.15) is 0 Å². The summed E-state index contributed by atoms with van der Waals surface area (Å²) in [4.78, 5) is 27.7. The Morgan fingerprint density at radius 1 is 0.844 bits per heavy atom. The molecule has 3 aromatic carbocycles. The van der Waals surface area contributed by atoms with Crippen LogP contribution in [0.2, 0.25) is 0 Å². The summed E-state index contributed by atoms with van der Waals surface area (Å²) in [6.07, 6.45) is 4.98. The lowest BCUT2D eigenvalue weighted by molar-refractivity contribution is 0.0992. The third-order valence-electron chi connectivity index (χ3n) is 6.62. The maximum atomic E-state index is 13.2. The van der Waals surface area contributed by atoms with Gasteiger partial charge in [-0.05, 0) is 72.8 Å². The Morgan fingerprint density at radius 3 is 2.47 bits per heavy atom. The number of benzene rings is 3. The molecule has 1 aliphatic heterocycles. The van der Waals surface area contributed by atoms with Crippen LogP contribution < -0.4 is 5.32 Å². The number of ketones is 1. The minimum atomic E-state index is -0.128. The number of hydrogen-bond acceptors (Lipinski definition) is 3. The van der Waals surface area contributed by atoms with Crippen LogP contribution in [0.4, 0.5) is 5.69 Å². The summed E-state index contributed by atoms with van der Waals surface area (Å²) < 4.78 is 0. The van der Waals surface area contributed by atoms with E-state index < -0.39 is 0 Å². The van der Waals surface area contributed by atoms with Crippen molar-refractivity contribution in [3.05, 3.63) is 89.0 Å². The molecule has 4 heteroatoms. The van der Waals surface area contributed by atoms with Gasteiger partial charge in [-0.15, -0.1) is 0 Å². The van der Waals surface area contributed by atoms with Crippen molar-refractivity contribution in [3.63, 3.8) is 0 Å². The number of piperidine rings is 1. The fourth-order valence-electron chi connectivity index (χ4n) is 4.93. The first-order valence-electron chi connectivity index (χ1n) is 11.6. The zero-order valence-electron chi connectivity index (χ0n) is 18.3. The van der Waals surface area contributed by atoms with Crippen molar-refractivity contribution in [2.45, 2.75) is 38.6 Å². The van der Waals surface area contributed by atoms with Gasteiger partial charge >= 0.3 is 0 Å². The molecule has 1 heterocycles. The number of carbonyl (C=O) groups is 2. The second-order valence-electron chi connectivity index (χ2n) is 8.78. The van der Waals surface area contributed by atoms with Crippen LogP contribution in [-0.2, 0) is 13.0 Å². The van der Waals surface area contributed by atoms with E-state index >= 15 is 0 Å². The average Bonchev–Trinajstić information content (AvgIpc) is 3.22. The molecular weight excluding hydrogens is 396 g/mol. The topological polar surface area (TPSA) is 49.4 Å². The van der Waals surface area contributed by atoms with Crippen molar-refractivity contribution in [3.8, 4) is 11.1 Å². The van der Waals surface area contributed by atoms with E-state index in [1.807, 2.05) is 36.4 Å². The first-order valence-corrected chi connectivity index (χ1v) is 11.6. The lowest BCUT2D eigenvalue weighted by Crippen LogP contribution is -2.29. The summed E-state index contributed by atoms with van der Waals surface area (Å²) in [6, 6.07) is 22.0. The Hall–Kier alpha value is -3.24. The molecule has 1 fully saturated rings. The van der Waals surface area contributed by atoms with Gasteiger partial charge in [0, 0.05) is 29.8 Å². The second-order valence-corrected chi connectivity index (χ2v) is 8.78. The van der Waals surface area contributed by atoms with Gasteiger partial charge in [-0.1, -0.05) is 55.0 Å². The number of Topliss-reactive ketones (excluding diaryl/α,β-unsaturated/α-hetero) is 1. The van der Waals surface area contributed by atoms with Crippen molar-refractivity contribution < 1.29 is 9.59 Å². The van der Waals surface area contributed by atoms with Crippen LogP contribution in [0.25, 0.3) is 11.1 Å². The summed E-state index contributed by atoms with van der Waals surface area (Å²) in [7, 11) is 0. The van der Waals surface area contributed by atoms with E-state index in [0.717, 1.165) is 36.4 Å². The molecule has 1 N–H and O–H groups in total. The van der Waals surface area contributed by atoms with Crippen LogP contribution in [0.1, 0.15) is 57.5 Å². The van der Waals surface area contributed by atoms with Gasteiger partial charge in [0.05, 0.1) is 0 Å². The minimum Gasteiger partial charge on any atom is -0.322 e. The number of hydrogen-bond donors (Lipinski definition) is 1. The predicted molar refractivity (Wildman–Crippen MR) is 128 cm³/mol. The van der Waals surface area contributed by atoms with Crippen LogP contribution in [0.15, 0.2) is 66.7 Å². The summed E-state index contributed by atoms with van der Waals surface area (Å²) in [5.74, 6) is 0.0318. The van der Waals surface area contributed by atoms with Crippen LogP contribution >= 0.6 is 0 Å². The Morgan fingerprint density at radius 2 is 1.66 bits per heavy atom. The lowest BCUT2D eigenvalue weighted by atomic mass is 9.96. The molecule has 0 saturated carbocycles. The number of anilines is 1. The SMILES string of the molecule is O=C(Nc1cccc2c1CCC2=O)c1ccc(-c2ccccc2)c(CN2CCCCC2)c1. The van der Waals surface area contributed by atoms with E-state index in [4.69, 9.17) is 0 Å². The highest BCUT2D eigenvalue weighted by atomic mass is 16.1. The molecular formula is C28H28N2O2. The molecule has 3 aromatic rings. The number of nitrogens with one attached hydrogen (secondary N) is 1. The quantitative estimate of drug-likeness (QED) is 0.570. The van der Waals surface area contributed by atoms with E-state index in [1.54, 1.807) is 0 Å². The van der Waals surface area contributed by atoms with Crippen molar-refractivity contribution >= 4 is 17.4 Å². The van der Waals surface area contributed by atoms with Gasteiger partial charge in [-0.25, -0.2) is 0 Å². The average molecular weight is 425 g/mol. The molecule has 162 valence electrons. The van der Waals surface area contributed by atoms with Gasteiger partial charge in [0.25, 0.3) is 5.91 Å². The minimum absolute atomic E-state index is 0.128. The maximum absolute atomic E-state index is 13.2. The fourth-order valence-corrected chi connectivity index (χ4v) is 4.93. The number of carbonyl (C=O) groups excluding carboxylic acids is 2. The molecule has 0 spiro atoms.